The molecule has 0 heterocycles. The van der Waals surface area contributed by atoms with Crippen molar-refractivity contribution in [3.05, 3.63) is 47.5 Å². The van der Waals surface area contributed by atoms with Crippen molar-refractivity contribution in [3.63, 3.8) is 0 Å². The summed E-state index contributed by atoms with van der Waals surface area (Å²) in [5.41, 5.74) is 6.51. The second-order valence-corrected chi connectivity index (χ2v) is 7.47. The number of carbonyl (C=O) groups excluding carboxylic acids is 1. The van der Waals surface area contributed by atoms with Crippen molar-refractivity contribution in [3.8, 4) is 11.1 Å². The van der Waals surface area contributed by atoms with Crippen molar-refractivity contribution in [2.24, 2.45) is 0 Å². The molecule has 4 nitrogen and oxygen atoms in total. The van der Waals surface area contributed by atoms with E-state index < -0.39 is 11.7 Å². The van der Waals surface area contributed by atoms with Crippen molar-refractivity contribution in [2.75, 3.05) is 17.2 Å². The normalized spacial score (nSPS) is 12.3. The number of ether oxygens (including phenoxy) is 1. The van der Waals surface area contributed by atoms with E-state index in [0.717, 1.165) is 25.1 Å². The highest BCUT2D eigenvalue weighted by molar-refractivity contribution is 5.87. The second-order valence-electron chi connectivity index (χ2n) is 7.47. The predicted molar refractivity (Wildman–Crippen MR) is 103 cm³/mol. The van der Waals surface area contributed by atoms with E-state index in [1.807, 2.05) is 32.9 Å². The lowest BCUT2D eigenvalue weighted by molar-refractivity contribution is 0.0636. The van der Waals surface area contributed by atoms with Gasteiger partial charge in [-0.25, -0.2) is 4.79 Å². The summed E-state index contributed by atoms with van der Waals surface area (Å²) in [4.78, 5) is 11.9. The van der Waals surface area contributed by atoms with Gasteiger partial charge in [-0.15, -0.1) is 0 Å². The summed E-state index contributed by atoms with van der Waals surface area (Å²) < 4.78 is 5.32. The second kappa shape index (κ2) is 6.79. The predicted octanol–water partition coefficient (Wildman–Crippen LogP) is 5.43. The van der Waals surface area contributed by atoms with Crippen LogP contribution in [0.1, 0.15) is 45.2 Å². The maximum Gasteiger partial charge on any atom is 0.412 e. The minimum absolute atomic E-state index is 0.422. The Balaban J connectivity index is 1.75. The summed E-state index contributed by atoms with van der Waals surface area (Å²) in [6.07, 6.45) is 1.57. The zero-order valence-corrected chi connectivity index (χ0v) is 15.4. The maximum absolute atomic E-state index is 11.9. The van der Waals surface area contributed by atoms with Gasteiger partial charge in [-0.05, 0) is 80.1 Å². The number of fused-ring (bicyclic) bond motifs is 3. The van der Waals surface area contributed by atoms with Gasteiger partial charge in [0.05, 0.1) is 0 Å². The average molecular weight is 338 g/mol. The fraction of sp³-hybridized carbons (Fsp3) is 0.381. The Kier molecular flexibility index (Phi) is 4.71. The van der Waals surface area contributed by atoms with E-state index in [9.17, 15) is 4.79 Å². The van der Waals surface area contributed by atoms with Crippen LogP contribution in [0.25, 0.3) is 11.1 Å². The van der Waals surface area contributed by atoms with Crippen LogP contribution in [-0.2, 0) is 11.2 Å². The number of nitrogens with one attached hydrogen (secondary N) is 2. The first-order valence-electron chi connectivity index (χ1n) is 8.86. The van der Waals surface area contributed by atoms with Crippen molar-refractivity contribution < 1.29 is 9.53 Å². The lowest BCUT2D eigenvalue weighted by Crippen LogP contribution is -2.27. The zero-order chi connectivity index (χ0) is 18.0. The van der Waals surface area contributed by atoms with Crippen molar-refractivity contribution in [2.45, 2.75) is 46.1 Å². The monoisotopic (exact) mass is 338 g/mol. The largest absolute Gasteiger partial charge is 0.444 e. The van der Waals surface area contributed by atoms with E-state index in [1.165, 1.54) is 27.9 Å². The molecule has 0 aromatic heterocycles. The molecule has 2 N–H and O–H groups in total. The van der Waals surface area contributed by atoms with Crippen LogP contribution in [-0.4, -0.2) is 18.2 Å². The minimum atomic E-state index is -0.501. The highest BCUT2D eigenvalue weighted by Crippen LogP contribution is 2.39. The average Bonchev–Trinajstić information content (AvgIpc) is 2.87. The van der Waals surface area contributed by atoms with Crippen LogP contribution in [0.2, 0.25) is 0 Å². The Bertz CT molecular complexity index is 791. The Morgan fingerprint density at radius 2 is 1.64 bits per heavy atom. The first-order valence-corrected chi connectivity index (χ1v) is 8.86. The van der Waals surface area contributed by atoms with E-state index >= 15 is 0 Å². The molecule has 0 unspecified atom stereocenters. The van der Waals surface area contributed by atoms with E-state index in [2.05, 4.69) is 41.8 Å². The number of amides is 1. The summed E-state index contributed by atoms with van der Waals surface area (Å²) in [6.45, 7) is 8.72. The molecule has 0 saturated carbocycles. The Morgan fingerprint density at radius 1 is 1.04 bits per heavy atom. The molecule has 4 heteroatoms. The van der Waals surface area contributed by atoms with Gasteiger partial charge in [0, 0.05) is 17.9 Å². The number of rotatable bonds is 4. The molecule has 25 heavy (non-hydrogen) atoms. The van der Waals surface area contributed by atoms with Crippen LogP contribution >= 0.6 is 0 Å². The molecule has 0 spiro atoms. The van der Waals surface area contributed by atoms with Crippen LogP contribution in [0.15, 0.2) is 36.4 Å². The van der Waals surface area contributed by atoms with Crippen LogP contribution in [0, 0.1) is 0 Å². The van der Waals surface area contributed by atoms with Gasteiger partial charge in [0.15, 0.2) is 0 Å². The molecule has 2 aromatic carbocycles. The van der Waals surface area contributed by atoms with Crippen LogP contribution in [0.3, 0.4) is 0 Å². The molecular formula is C21H26N2O2. The van der Waals surface area contributed by atoms with Crippen LogP contribution in [0.4, 0.5) is 16.2 Å². The first-order chi connectivity index (χ1) is 11.9. The van der Waals surface area contributed by atoms with Crippen LogP contribution < -0.4 is 10.6 Å². The molecule has 3 rings (SSSR count). The summed E-state index contributed by atoms with van der Waals surface area (Å²) in [7, 11) is 0. The van der Waals surface area contributed by atoms with Crippen molar-refractivity contribution in [1.29, 1.82) is 0 Å². The topological polar surface area (TPSA) is 50.4 Å². The Morgan fingerprint density at radius 3 is 2.24 bits per heavy atom. The van der Waals surface area contributed by atoms with E-state index in [0.29, 0.717) is 0 Å². The first kappa shape index (κ1) is 17.3. The number of anilines is 2. The Labute approximate surface area is 149 Å². The summed E-state index contributed by atoms with van der Waals surface area (Å²) >= 11 is 0. The molecular weight excluding hydrogens is 312 g/mol. The van der Waals surface area contributed by atoms with E-state index in [-0.39, 0.29) is 0 Å². The summed E-state index contributed by atoms with van der Waals surface area (Å²) in [5.74, 6) is 0. The molecule has 0 bridgehead atoms. The number of hydrogen-bond donors (Lipinski definition) is 2. The van der Waals surface area contributed by atoms with Gasteiger partial charge in [0.2, 0.25) is 0 Å². The fourth-order valence-electron chi connectivity index (χ4n) is 3.09. The van der Waals surface area contributed by atoms with Gasteiger partial charge in [-0.2, -0.15) is 0 Å². The fourth-order valence-corrected chi connectivity index (χ4v) is 3.09. The summed E-state index contributed by atoms with van der Waals surface area (Å²) in [5, 5.41) is 6.26. The molecule has 0 fully saturated rings. The number of benzene rings is 2. The smallest absolute Gasteiger partial charge is 0.412 e. The Hall–Kier alpha value is -2.49. The van der Waals surface area contributed by atoms with Crippen molar-refractivity contribution >= 4 is 17.5 Å². The highest BCUT2D eigenvalue weighted by Gasteiger charge is 2.20. The van der Waals surface area contributed by atoms with Gasteiger partial charge in [0.25, 0.3) is 0 Å². The molecule has 1 amide bonds. The third kappa shape index (κ3) is 4.13. The third-order valence-corrected chi connectivity index (χ3v) is 4.11. The maximum atomic E-state index is 11.9. The summed E-state index contributed by atoms with van der Waals surface area (Å²) in [6, 6.07) is 12.6. The molecule has 0 saturated heterocycles. The lowest BCUT2D eigenvalue weighted by Gasteiger charge is -2.19. The van der Waals surface area contributed by atoms with Crippen molar-refractivity contribution in [1.82, 2.24) is 0 Å². The molecule has 1 aliphatic rings. The molecule has 0 atom stereocenters. The molecule has 0 radical (unpaired) electrons. The number of carbonyl (C=O) groups is 1. The van der Waals surface area contributed by atoms with Crippen LogP contribution in [0.5, 0.6) is 0 Å². The van der Waals surface area contributed by atoms with Gasteiger partial charge < -0.3 is 10.1 Å². The molecule has 132 valence electrons. The van der Waals surface area contributed by atoms with E-state index in [4.69, 9.17) is 4.74 Å². The molecule has 2 aromatic rings. The van der Waals surface area contributed by atoms with Gasteiger partial charge in [-0.3, -0.25) is 5.32 Å². The SMILES string of the molecule is CCCNc1ccc2c(c1)Cc1cc(NC(=O)OC(C)(C)C)ccc1-2. The minimum Gasteiger partial charge on any atom is -0.444 e. The lowest BCUT2D eigenvalue weighted by atomic mass is 10.1. The van der Waals surface area contributed by atoms with Gasteiger partial charge in [0.1, 0.15) is 5.60 Å². The molecule has 1 aliphatic carbocycles. The standard InChI is InChI=1S/C21H26N2O2/c1-5-10-22-16-6-8-18-14(12-16)11-15-13-17(7-9-19(15)18)23-20(24)25-21(2,3)4/h6-9,12-13,22H,5,10-11H2,1-4H3,(H,23,24). The highest BCUT2D eigenvalue weighted by atomic mass is 16.6. The van der Waals surface area contributed by atoms with Gasteiger partial charge >= 0.3 is 6.09 Å². The zero-order valence-electron chi connectivity index (χ0n) is 15.4. The quantitative estimate of drug-likeness (QED) is 0.667. The third-order valence-electron chi connectivity index (χ3n) is 4.11. The van der Waals surface area contributed by atoms with Gasteiger partial charge in [-0.1, -0.05) is 19.1 Å². The molecule has 0 aliphatic heterocycles. The number of hydrogen-bond acceptors (Lipinski definition) is 3. The van der Waals surface area contributed by atoms with E-state index in [1.54, 1.807) is 0 Å².